The molecule has 0 amide bonds. The molecule has 0 bridgehead atoms. The van der Waals surface area contributed by atoms with E-state index in [2.05, 4.69) is 6.92 Å². The van der Waals surface area contributed by atoms with E-state index in [9.17, 15) is 8.42 Å². The smallest absolute Gasteiger partial charge is 0.266 e. The van der Waals surface area contributed by atoms with E-state index in [-0.39, 0.29) is 11.5 Å². The number of hydrogen-bond acceptors (Lipinski definition) is 3. The highest BCUT2D eigenvalue weighted by Gasteiger charge is 2.14. The van der Waals surface area contributed by atoms with E-state index in [0.29, 0.717) is 0 Å². The van der Waals surface area contributed by atoms with Crippen LogP contribution in [0.2, 0.25) is 0 Å². The zero-order chi connectivity index (χ0) is 12.7. The van der Waals surface area contributed by atoms with Gasteiger partial charge < -0.3 is 0 Å². The molecule has 4 heteroatoms. The molecule has 0 aliphatic rings. The Balaban J connectivity index is 2.79. The third kappa shape index (κ3) is 4.48. The summed E-state index contributed by atoms with van der Waals surface area (Å²) in [7, 11) is -3.57. The highest BCUT2D eigenvalue weighted by atomic mass is 32.2. The van der Waals surface area contributed by atoms with E-state index in [1.807, 2.05) is 13.0 Å². The van der Waals surface area contributed by atoms with Crippen molar-refractivity contribution in [1.29, 1.82) is 0 Å². The van der Waals surface area contributed by atoms with Gasteiger partial charge in [0.2, 0.25) is 0 Å². The summed E-state index contributed by atoms with van der Waals surface area (Å²) in [5.41, 5.74) is 1.03. The van der Waals surface area contributed by atoms with E-state index in [0.717, 1.165) is 31.2 Å². The molecule has 0 spiro atoms. The minimum absolute atomic E-state index is 0.261. The Morgan fingerprint density at radius 3 is 2.59 bits per heavy atom. The Labute approximate surface area is 104 Å². The lowest BCUT2D eigenvalue weighted by atomic mass is 10.1. The van der Waals surface area contributed by atoms with Crippen molar-refractivity contribution in [2.75, 3.05) is 6.61 Å². The van der Waals surface area contributed by atoms with E-state index in [1.165, 1.54) is 0 Å². The third-order valence-corrected chi connectivity index (χ3v) is 3.77. The average Bonchev–Trinajstić information content (AvgIpc) is 2.30. The van der Waals surface area contributed by atoms with Crippen LogP contribution in [0, 0.1) is 0 Å². The number of rotatable bonds is 7. The first-order chi connectivity index (χ1) is 8.10. The van der Waals surface area contributed by atoms with Crippen molar-refractivity contribution in [2.45, 2.75) is 44.4 Å². The van der Waals surface area contributed by atoms with Crippen molar-refractivity contribution >= 4 is 10.1 Å². The van der Waals surface area contributed by atoms with Crippen molar-refractivity contribution < 1.29 is 12.6 Å². The molecule has 0 aromatic heterocycles. The Morgan fingerprint density at radius 1 is 1.18 bits per heavy atom. The van der Waals surface area contributed by atoms with E-state index in [4.69, 9.17) is 4.18 Å². The zero-order valence-corrected chi connectivity index (χ0v) is 11.3. The summed E-state index contributed by atoms with van der Waals surface area (Å²) in [6, 6.07) is 6.99. The van der Waals surface area contributed by atoms with Gasteiger partial charge in [-0.05, 0) is 30.5 Å². The maximum absolute atomic E-state index is 11.8. The molecular weight excluding hydrogens is 236 g/mol. The molecule has 0 heterocycles. The molecule has 0 aliphatic carbocycles. The molecule has 0 unspecified atom stereocenters. The average molecular weight is 256 g/mol. The minimum atomic E-state index is -3.57. The van der Waals surface area contributed by atoms with Gasteiger partial charge in [0.1, 0.15) is 0 Å². The highest BCUT2D eigenvalue weighted by molar-refractivity contribution is 7.86. The lowest BCUT2D eigenvalue weighted by molar-refractivity contribution is 0.311. The fourth-order valence-electron chi connectivity index (χ4n) is 1.53. The topological polar surface area (TPSA) is 43.4 Å². The number of hydrogen-bond donors (Lipinski definition) is 0. The first-order valence-corrected chi connectivity index (χ1v) is 7.49. The first kappa shape index (κ1) is 14.2. The molecule has 0 saturated carbocycles. The molecule has 96 valence electrons. The summed E-state index contributed by atoms with van der Waals surface area (Å²) in [6.07, 6.45) is 3.57. The zero-order valence-electron chi connectivity index (χ0n) is 10.5. The maximum atomic E-state index is 11.8. The van der Waals surface area contributed by atoms with Gasteiger partial charge in [-0.1, -0.05) is 38.8 Å². The van der Waals surface area contributed by atoms with Crippen molar-refractivity contribution in [3.8, 4) is 0 Å². The fourth-order valence-corrected chi connectivity index (χ4v) is 2.54. The Hall–Kier alpha value is -0.870. The molecule has 1 aromatic rings. The van der Waals surface area contributed by atoms with Crippen LogP contribution in [0.3, 0.4) is 0 Å². The summed E-state index contributed by atoms with van der Waals surface area (Å²) in [4.78, 5) is 0.263. The van der Waals surface area contributed by atoms with Crippen LogP contribution in [-0.2, 0) is 20.7 Å². The van der Waals surface area contributed by atoms with Gasteiger partial charge in [-0.2, -0.15) is 8.42 Å². The highest BCUT2D eigenvalue weighted by Crippen LogP contribution is 2.15. The van der Waals surface area contributed by atoms with Gasteiger partial charge in [-0.3, -0.25) is 4.18 Å². The van der Waals surface area contributed by atoms with E-state index in [1.54, 1.807) is 18.2 Å². The van der Waals surface area contributed by atoms with E-state index >= 15 is 0 Å². The monoisotopic (exact) mass is 256 g/mol. The van der Waals surface area contributed by atoms with Gasteiger partial charge in [0, 0.05) is 0 Å². The second-order valence-electron chi connectivity index (χ2n) is 4.03. The van der Waals surface area contributed by atoms with Crippen LogP contribution < -0.4 is 0 Å². The summed E-state index contributed by atoms with van der Waals surface area (Å²) in [5, 5.41) is 0. The van der Waals surface area contributed by atoms with E-state index < -0.39 is 10.1 Å². The molecule has 0 saturated heterocycles. The van der Waals surface area contributed by atoms with Crippen LogP contribution in [0.4, 0.5) is 0 Å². The molecule has 1 aromatic carbocycles. The quantitative estimate of drug-likeness (QED) is 0.556. The van der Waals surface area contributed by atoms with Crippen LogP contribution in [0.25, 0.3) is 0 Å². The predicted molar refractivity (Wildman–Crippen MR) is 68.5 cm³/mol. The van der Waals surface area contributed by atoms with Gasteiger partial charge in [-0.25, -0.2) is 0 Å². The standard InChI is InChI=1S/C13H20O3S/c1-3-5-10-16-17(14,15)13-9-6-8-12(11-13)7-4-2/h6,8-9,11H,3-5,7,10H2,1-2H3. The number of benzene rings is 1. The summed E-state index contributed by atoms with van der Waals surface area (Å²) >= 11 is 0. The molecule has 3 nitrogen and oxygen atoms in total. The SMILES string of the molecule is CCCCOS(=O)(=O)c1cccc(CCC)c1. The summed E-state index contributed by atoms with van der Waals surface area (Å²) in [6.45, 7) is 4.33. The van der Waals surface area contributed by atoms with Gasteiger partial charge in [0.25, 0.3) is 10.1 Å². The van der Waals surface area contributed by atoms with Gasteiger partial charge in [0.05, 0.1) is 11.5 Å². The van der Waals surface area contributed by atoms with Crippen molar-refractivity contribution in [3.63, 3.8) is 0 Å². The molecule has 0 fully saturated rings. The predicted octanol–water partition coefficient (Wildman–Crippen LogP) is 3.14. The first-order valence-electron chi connectivity index (χ1n) is 6.08. The number of aryl methyl sites for hydroxylation is 1. The molecule has 0 aliphatic heterocycles. The van der Waals surface area contributed by atoms with Crippen molar-refractivity contribution in [1.82, 2.24) is 0 Å². The molecule has 0 atom stereocenters. The van der Waals surface area contributed by atoms with Crippen molar-refractivity contribution in [2.24, 2.45) is 0 Å². The van der Waals surface area contributed by atoms with Crippen LogP contribution in [-0.4, -0.2) is 15.0 Å². The van der Waals surface area contributed by atoms with Crippen LogP contribution in [0.5, 0.6) is 0 Å². The molecule has 0 N–H and O–H groups in total. The second kappa shape index (κ2) is 6.77. The molecule has 0 radical (unpaired) electrons. The summed E-state index contributed by atoms with van der Waals surface area (Å²) < 4.78 is 28.6. The fraction of sp³-hybridized carbons (Fsp3) is 0.538. The van der Waals surface area contributed by atoms with Crippen LogP contribution in [0.15, 0.2) is 29.2 Å². The largest absolute Gasteiger partial charge is 0.296 e. The normalized spacial score (nSPS) is 11.6. The lowest BCUT2D eigenvalue weighted by Crippen LogP contribution is -2.07. The summed E-state index contributed by atoms with van der Waals surface area (Å²) in [5.74, 6) is 0. The number of unbranched alkanes of at least 4 members (excludes halogenated alkanes) is 1. The van der Waals surface area contributed by atoms with Gasteiger partial charge >= 0.3 is 0 Å². The Kier molecular flexibility index (Phi) is 5.65. The Morgan fingerprint density at radius 2 is 1.94 bits per heavy atom. The molecule has 17 heavy (non-hydrogen) atoms. The van der Waals surface area contributed by atoms with Gasteiger partial charge in [0.15, 0.2) is 0 Å². The lowest BCUT2D eigenvalue weighted by Gasteiger charge is -2.06. The molecule has 1 rings (SSSR count). The second-order valence-corrected chi connectivity index (χ2v) is 5.64. The van der Waals surface area contributed by atoms with Crippen molar-refractivity contribution in [3.05, 3.63) is 29.8 Å². The maximum Gasteiger partial charge on any atom is 0.296 e. The Bertz CT molecular complexity index is 438. The van der Waals surface area contributed by atoms with Crippen LogP contribution >= 0.6 is 0 Å². The third-order valence-electron chi connectivity index (χ3n) is 2.46. The minimum Gasteiger partial charge on any atom is -0.266 e. The van der Waals surface area contributed by atoms with Crippen LogP contribution in [0.1, 0.15) is 38.7 Å². The molecular formula is C13H20O3S. The van der Waals surface area contributed by atoms with Gasteiger partial charge in [-0.15, -0.1) is 0 Å².